The summed E-state index contributed by atoms with van der Waals surface area (Å²) in [5, 5.41) is 10.1. The standard InChI is InChI=1S/C16H22N4O/c17-14-4-5-15(16-13(14)3-1-6-18-16)20-8-2-7-19(9-10-20)11-12-21/h1,3-6,21H,2,7-12,17H2. The van der Waals surface area contributed by atoms with Crippen LogP contribution >= 0.6 is 0 Å². The van der Waals surface area contributed by atoms with Crippen LogP contribution in [0.25, 0.3) is 10.9 Å². The number of nitrogens with two attached hydrogens (primary N) is 1. The summed E-state index contributed by atoms with van der Waals surface area (Å²) in [5.74, 6) is 0. The van der Waals surface area contributed by atoms with Crippen molar-refractivity contribution in [3.05, 3.63) is 30.5 Å². The van der Waals surface area contributed by atoms with E-state index < -0.39 is 0 Å². The topological polar surface area (TPSA) is 65.6 Å². The molecular formula is C16H22N4O. The molecule has 0 amide bonds. The second kappa shape index (κ2) is 6.28. The lowest BCUT2D eigenvalue weighted by atomic mass is 10.1. The van der Waals surface area contributed by atoms with Crippen molar-refractivity contribution in [1.82, 2.24) is 9.88 Å². The average Bonchev–Trinajstić information content (AvgIpc) is 2.74. The minimum absolute atomic E-state index is 0.229. The molecule has 2 aromatic rings. The van der Waals surface area contributed by atoms with E-state index in [1.807, 2.05) is 24.4 Å². The number of fused-ring (bicyclic) bond motifs is 1. The van der Waals surface area contributed by atoms with Crippen molar-refractivity contribution in [2.45, 2.75) is 6.42 Å². The van der Waals surface area contributed by atoms with Crippen LogP contribution in [-0.2, 0) is 0 Å². The molecule has 0 atom stereocenters. The molecule has 3 rings (SSSR count). The van der Waals surface area contributed by atoms with Gasteiger partial charge in [0.2, 0.25) is 0 Å². The van der Waals surface area contributed by atoms with E-state index in [0.717, 1.165) is 61.4 Å². The molecule has 1 aromatic heterocycles. The Balaban J connectivity index is 1.88. The van der Waals surface area contributed by atoms with E-state index in [4.69, 9.17) is 10.8 Å². The van der Waals surface area contributed by atoms with E-state index in [1.54, 1.807) is 0 Å². The maximum absolute atomic E-state index is 9.09. The number of anilines is 2. The highest BCUT2D eigenvalue weighted by Gasteiger charge is 2.17. The summed E-state index contributed by atoms with van der Waals surface area (Å²) in [6, 6.07) is 7.99. The maximum atomic E-state index is 9.09. The van der Waals surface area contributed by atoms with Crippen LogP contribution in [0.3, 0.4) is 0 Å². The molecule has 0 unspecified atom stereocenters. The number of nitrogen functional groups attached to an aromatic ring is 1. The van der Waals surface area contributed by atoms with Crippen molar-refractivity contribution in [1.29, 1.82) is 0 Å². The summed E-state index contributed by atoms with van der Waals surface area (Å²) in [4.78, 5) is 9.22. The number of aliphatic hydroxyl groups excluding tert-OH is 1. The van der Waals surface area contributed by atoms with Crippen molar-refractivity contribution in [3.8, 4) is 0 Å². The van der Waals surface area contributed by atoms with Gasteiger partial charge in [0.15, 0.2) is 0 Å². The molecule has 1 aliphatic rings. The third-order valence-corrected chi connectivity index (χ3v) is 4.13. The first-order valence-electron chi connectivity index (χ1n) is 7.51. The smallest absolute Gasteiger partial charge is 0.0955 e. The SMILES string of the molecule is Nc1ccc(N2CCCN(CCO)CC2)c2ncccc12. The summed E-state index contributed by atoms with van der Waals surface area (Å²) in [7, 11) is 0. The minimum atomic E-state index is 0.229. The number of β-amino-alcohol motifs (C(OH)–C–C–N with tert-alkyl or cyclic N) is 1. The van der Waals surface area contributed by atoms with E-state index in [2.05, 4.69) is 20.9 Å². The molecule has 5 heteroatoms. The van der Waals surface area contributed by atoms with E-state index in [-0.39, 0.29) is 6.61 Å². The first kappa shape index (κ1) is 14.1. The van der Waals surface area contributed by atoms with Crippen molar-refractivity contribution >= 4 is 22.3 Å². The Bertz CT molecular complexity index is 616. The molecule has 0 aliphatic carbocycles. The Hall–Kier alpha value is -1.85. The summed E-state index contributed by atoms with van der Waals surface area (Å²) < 4.78 is 0. The Labute approximate surface area is 125 Å². The highest BCUT2D eigenvalue weighted by Crippen LogP contribution is 2.29. The summed E-state index contributed by atoms with van der Waals surface area (Å²) in [6.07, 6.45) is 2.92. The second-order valence-electron chi connectivity index (χ2n) is 5.48. The van der Waals surface area contributed by atoms with Crippen LogP contribution in [0.2, 0.25) is 0 Å². The van der Waals surface area contributed by atoms with Crippen LogP contribution in [0.4, 0.5) is 11.4 Å². The van der Waals surface area contributed by atoms with Crippen molar-refractivity contribution in [2.75, 3.05) is 50.0 Å². The molecule has 21 heavy (non-hydrogen) atoms. The van der Waals surface area contributed by atoms with Gasteiger partial charge in [-0.1, -0.05) is 0 Å². The Morgan fingerprint density at radius 1 is 1.14 bits per heavy atom. The molecule has 3 N–H and O–H groups in total. The van der Waals surface area contributed by atoms with Gasteiger partial charge in [-0.25, -0.2) is 0 Å². The highest BCUT2D eigenvalue weighted by molar-refractivity contribution is 5.98. The van der Waals surface area contributed by atoms with Gasteiger partial charge in [-0.2, -0.15) is 0 Å². The van der Waals surface area contributed by atoms with Crippen LogP contribution in [0, 0.1) is 0 Å². The van der Waals surface area contributed by atoms with E-state index in [0.29, 0.717) is 0 Å². The first-order valence-corrected chi connectivity index (χ1v) is 7.51. The molecule has 0 bridgehead atoms. The summed E-state index contributed by atoms with van der Waals surface area (Å²) in [5.41, 5.74) is 8.97. The van der Waals surface area contributed by atoms with E-state index in [9.17, 15) is 0 Å². The maximum Gasteiger partial charge on any atom is 0.0955 e. The fourth-order valence-electron chi connectivity index (χ4n) is 3.01. The monoisotopic (exact) mass is 286 g/mol. The zero-order valence-corrected chi connectivity index (χ0v) is 12.2. The lowest BCUT2D eigenvalue weighted by Crippen LogP contribution is -2.32. The number of hydrogen-bond acceptors (Lipinski definition) is 5. The molecule has 1 aromatic carbocycles. The number of pyridine rings is 1. The van der Waals surface area contributed by atoms with Crippen LogP contribution in [0.15, 0.2) is 30.5 Å². The molecular weight excluding hydrogens is 264 g/mol. The molecule has 5 nitrogen and oxygen atoms in total. The average molecular weight is 286 g/mol. The molecule has 1 aliphatic heterocycles. The summed E-state index contributed by atoms with van der Waals surface area (Å²) in [6.45, 7) is 4.96. The van der Waals surface area contributed by atoms with Gasteiger partial charge in [0, 0.05) is 43.4 Å². The number of nitrogens with zero attached hydrogens (tertiary/aromatic N) is 3. The largest absolute Gasteiger partial charge is 0.398 e. The van der Waals surface area contributed by atoms with Crippen molar-refractivity contribution in [3.63, 3.8) is 0 Å². The van der Waals surface area contributed by atoms with Crippen LogP contribution in [-0.4, -0.2) is 54.3 Å². The van der Waals surface area contributed by atoms with Crippen molar-refractivity contribution in [2.24, 2.45) is 0 Å². The number of benzene rings is 1. The quantitative estimate of drug-likeness (QED) is 0.833. The van der Waals surface area contributed by atoms with Gasteiger partial charge >= 0.3 is 0 Å². The fourth-order valence-corrected chi connectivity index (χ4v) is 3.01. The summed E-state index contributed by atoms with van der Waals surface area (Å²) >= 11 is 0. The third-order valence-electron chi connectivity index (χ3n) is 4.13. The van der Waals surface area contributed by atoms with Crippen LogP contribution in [0.1, 0.15) is 6.42 Å². The molecule has 0 radical (unpaired) electrons. The van der Waals surface area contributed by atoms with Crippen LogP contribution in [0.5, 0.6) is 0 Å². The van der Waals surface area contributed by atoms with Gasteiger partial charge in [-0.15, -0.1) is 0 Å². The van der Waals surface area contributed by atoms with Gasteiger partial charge in [0.25, 0.3) is 0 Å². The highest BCUT2D eigenvalue weighted by atomic mass is 16.3. The predicted molar refractivity (Wildman–Crippen MR) is 86.5 cm³/mol. The molecule has 112 valence electrons. The first-order chi connectivity index (χ1) is 10.3. The zero-order chi connectivity index (χ0) is 14.7. The normalized spacial score (nSPS) is 17.1. The number of aliphatic hydroxyl groups is 1. The molecule has 2 heterocycles. The van der Waals surface area contributed by atoms with Gasteiger partial charge in [-0.05, 0) is 37.2 Å². The minimum Gasteiger partial charge on any atom is -0.398 e. The van der Waals surface area contributed by atoms with E-state index >= 15 is 0 Å². The van der Waals surface area contributed by atoms with Crippen LogP contribution < -0.4 is 10.6 Å². The van der Waals surface area contributed by atoms with Gasteiger partial charge in [0.05, 0.1) is 17.8 Å². The van der Waals surface area contributed by atoms with Crippen molar-refractivity contribution < 1.29 is 5.11 Å². The van der Waals surface area contributed by atoms with Gasteiger partial charge in [-0.3, -0.25) is 9.88 Å². The fraction of sp³-hybridized carbons (Fsp3) is 0.438. The van der Waals surface area contributed by atoms with Gasteiger partial charge in [0.1, 0.15) is 0 Å². The predicted octanol–water partition coefficient (Wildman–Crippen LogP) is 1.32. The lowest BCUT2D eigenvalue weighted by Gasteiger charge is -2.24. The molecule has 1 saturated heterocycles. The number of hydrogen-bond donors (Lipinski definition) is 2. The van der Waals surface area contributed by atoms with E-state index in [1.165, 1.54) is 0 Å². The molecule has 0 spiro atoms. The third kappa shape index (κ3) is 2.94. The van der Waals surface area contributed by atoms with Gasteiger partial charge < -0.3 is 15.7 Å². The Morgan fingerprint density at radius 2 is 2.05 bits per heavy atom. The Kier molecular flexibility index (Phi) is 4.22. The zero-order valence-electron chi connectivity index (χ0n) is 12.2. The lowest BCUT2D eigenvalue weighted by molar-refractivity contribution is 0.204. The molecule has 1 fully saturated rings. The molecule has 0 saturated carbocycles. The second-order valence-corrected chi connectivity index (χ2v) is 5.48. The Morgan fingerprint density at radius 3 is 2.90 bits per heavy atom. The number of rotatable bonds is 3. The number of aromatic nitrogens is 1.